The summed E-state index contributed by atoms with van der Waals surface area (Å²) in [5.74, 6) is 0.607. The first-order valence-corrected chi connectivity index (χ1v) is 10.3. The number of ether oxygens (including phenoxy) is 1. The van der Waals surface area contributed by atoms with Crippen molar-refractivity contribution in [1.82, 2.24) is 24.7 Å². The number of aromatic amines is 1. The summed E-state index contributed by atoms with van der Waals surface area (Å²) in [4.78, 5) is 34.4. The fourth-order valence-electron chi connectivity index (χ4n) is 3.14. The average molecular weight is 483 g/mol. The molecule has 0 unspecified atom stereocenters. The van der Waals surface area contributed by atoms with Crippen LogP contribution in [0.25, 0.3) is 22.4 Å². The van der Waals surface area contributed by atoms with E-state index in [2.05, 4.69) is 41.4 Å². The molecule has 0 aliphatic carbocycles. The molecule has 158 valence electrons. The van der Waals surface area contributed by atoms with Crippen molar-refractivity contribution >= 4 is 38.8 Å². The number of methoxy groups -OCH3 is 1. The SMILES string of the molecule is CCn1cc(-c2nc(NC(=O)c3ccc(OC)cc3)n[nH]2)c(=O)c2cc(Br)c(C)nc21. The lowest BCUT2D eigenvalue weighted by Crippen LogP contribution is -2.14. The van der Waals surface area contributed by atoms with Gasteiger partial charge < -0.3 is 9.30 Å². The lowest BCUT2D eigenvalue weighted by Gasteiger charge is -2.11. The minimum absolute atomic E-state index is 0.0709. The fraction of sp³-hybridized carbons (Fsp3) is 0.190. The molecule has 0 radical (unpaired) electrons. The molecule has 9 nitrogen and oxygen atoms in total. The maximum atomic E-state index is 13.1. The second-order valence-electron chi connectivity index (χ2n) is 6.77. The van der Waals surface area contributed by atoms with Crippen molar-refractivity contribution in [2.24, 2.45) is 0 Å². The topological polar surface area (TPSA) is 115 Å². The van der Waals surface area contributed by atoms with Gasteiger partial charge in [-0.3, -0.25) is 20.0 Å². The Hall–Kier alpha value is -3.53. The molecule has 10 heteroatoms. The summed E-state index contributed by atoms with van der Waals surface area (Å²) in [5.41, 5.74) is 1.94. The molecule has 2 N–H and O–H groups in total. The molecule has 0 spiro atoms. The minimum atomic E-state index is -0.374. The highest BCUT2D eigenvalue weighted by Gasteiger charge is 2.17. The summed E-state index contributed by atoms with van der Waals surface area (Å²) >= 11 is 3.44. The van der Waals surface area contributed by atoms with Crippen LogP contribution in [0.3, 0.4) is 0 Å². The molecule has 0 saturated carbocycles. The summed E-state index contributed by atoms with van der Waals surface area (Å²) in [6.07, 6.45) is 1.70. The third-order valence-electron chi connectivity index (χ3n) is 4.84. The number of pyridine rings is 2. The Bertz CT molecular complexity index is 1340. The van der Waals surface area contributed by atoms with Gasteiger partial charge >= 0.3 is 0 Å². The standard InChI is InChI=1S/C21H19BrN6O3/c1-4-28-10-15(17(29)14-9-16(22)11(2)23-19(14)28)18-24-21(27-26-18)25-20(30)12-5-7-13(31-3)8-6-12/h5-10H,4H2,1-3H3,(H2,24,25,26,27,30). The molecule has 0 aliphatic heterocycles. The second kappa shape index (κ2) is 8.31. The number of nitrogens with one attached hydrogen (secondary N) is 2. The number of benzene rings is 1. The molecule has 0 aliphatic rings. The van der Waals surface area contributed by atoms with Crippen LogP contribution >= 0.6 is 15.9 Å². The van der Waals surface area contributed by atoms with E-state index < -0.39 is 0 Å². The van der Waals surface area contributed by atoms with Crippen molar-refractivity contribution < 1.29 is 9.53 Å². The molecule has 0 fully saturated rings. The number of aryl methyl sites for hydroxylation is 2. The van der Waals surface area contributed by atoms with Crippen LogP contribution in [0.5, 0.6) is 5.75 Å². The van der Waals surface area contributed by atoms with Crippen LogP contribution in [0.4, 0.5) is 5.95 Å². The maximum Gasteiger partial charge on any atom is 0.258 e. The predicted octanol–water partition coefficient (Wildman–Crippen LogP) is 3.53. The van der Waals surface area contributed by atoms with Gasteiger partial charge in [0.05, 0.1) is 23.8 Å². The van der Waals surface area contributed by atoms with Gasteiger partial charge in [-0.15, -0.1) is 5.10 Å². The van der Waals surface area contributed by atoms with E-state index in [1.165, 1.54) is 0 Å². The predicted molar refractivity (Wildman–Crippen MR) is 120 cm³/mol. The molecule has 31 heavy (non-hydrogen) atoms. The van der Waals surface area contributed by atoms with Gasteiger partial charge in [0.2, 0.25) is 11.4 Å². The Kier molecular flexibility index (Phi) is 5.55. The zero-order valence-corrected chi connectivity index (χ0v) is 18.6. The number of amides is 1. The van der Waals surface area contributed by atoms with Gasteiger partial charge in [0.15, 0.2) is 5.82 Å². The van der Waals surface area contributed by atoms with Crippen LogP contribution in [0.1, 0.15) is 23.0 Å². The molecular formula is C21H19BrN6O3. The Morgan fingerprint density at radius 3 is 2.68 bits per heavy atom. The minimum Gasteiger partial charge on any atom is -0.497 e. The second-order valence-corrected chi connectivity index (χ2v) is 7.63. The van der Waals surface area contributed by atoms with Crippen molar-refractivity contribution in [1.29, 1.82) is 0 Å². The van der Waals surface area contributed by atoms with Gasteiger partial charge in [-0.2, -0.15) is 4.98 Å². The van der Waals surface area contributed by atoms with Crippen molar-refractivity contribution in [2.45, 2.75) is 20.4 Å². The van der Waals surface area contributed by atoms with E-state index in [4.69, 9.17) is 4.74 Å². The van der Waals surface area contributed by atoms with Gasteiger partial charge in [-0.25, -0.2) is 4.98 Å². The molecule has 1 amide bonds. The number of halogens is 1. The van der Waals surface area contributed by atoms with E-state index in [0.717, 1.165) is 10.2 Å². The number of carbonyl (C=O) groups is 1. The number of nitrogens with zero attached hydrogens (tertiary/aromatic N) is 4. The molecule has 0 bridgehead atoms. The van der Waals surface area contributed by atoms with Gasteiger partial charge in [-0.05, 0) is 60.1 Å². The van der Waals surface area contributed by atoms with E-state index in [-0.39, 0.29) is 23.1 Å². The number of aromatic nitrogens is 5. The smallest absolute Gasteiger partial charge is 0.258 e. The van der Waals surface area contributed by atoms with Crippen LogP contribution in [0.2, 0.25) is 0 Å². The number of hydrogen-bond acceptors (Lipinski definition) is 6. The van der Waals surface area contributed by atoms with E-state index in [0.29, 0.717) is 34.5 Å². The highest BCUT2D eigenvalue weighted by atomic mass is 79.9. The highest BCUT2D eigenvalue weighted by Crippen LogP contribution is 2.22. The number of anilines is 1. The Morgan fingerprint density at radius 2 is 2.00 bits per heavy atom. The zero-order chi connectivity index (χ0) is 22.1. The molecular weight excluding hydrogens is 464 g/mol. The van der Waals surface area contributed by atoms with E-state index >= 15 is 0 Å². The van der Waals surface area contributed by atoms with Crippen molar-refractivity contribution in [3.63, 3.8) is 0 Å². The van der Waals surface area contributed by atoms with Crippen molar-refractivity contribution in [3.8, 4) is 17.1 Å². The molecule has 1 aromatic carbocycles. The maximum absolute atomic E-state index is 13.1. The summed E-state index contributed by atoms with van der Waals surface area (Å²) in [7, 11) is 1.56. The van der Waals surface area contributed by atoms with Gasteiger partial charge in [0.25, 0.3) is 5.91 Å². The Balaban J connectivity index is 1.68. The normalized spacial score (nSPS) is 11.0. The van der Waals surface area contributed by atoms with Crippen LogP contribution in [-0.2, 0) is 6.54 Å². The summed E-state index contributed by atoms with van der Waals surface area (Å²) in [6, 6.07) is 8.41. The summed E-state index contributed by atoms with van der Waals surface area (Å²) < 4.78 is 7.72. The lowest BCUT2D eigenvalue weighted by atomic mass is 10.1. The van der Waals surface area contributed by atoms with Gasteiger partial charge in [0.1, 0.15) is 11.4 Å². The molecule has 0 saturated heterocycles. The largest absolute Gasteiger partial charge is 0.497 e. The summed E-state index contributed by atoms with van der Waals surface area (Å²) in [6.45, 7) is 4.46. The third-order valence-corrected chi connectivity index (χ3v) is 5.64. The first kappa shape index (κ1) is 20.7. The van der Waals surface area contributed by atoms with Gasteiger partial charge in [-0.1, -0.05) is 0 Å². The average Bonchev–Trinajstić information content (AvgIpc) is 3.23. The first-order valence-electron chi connectivity index (χ1n) is 9.49. The zero-order valence-electron chi connectivity index (χ0n) is 17.1. The Morgan fingerprint density at radius 1 is 1.26 bits per heavy atom. The number of H-pyrrole nitrogens is 1. The van der Waals surface area contributed by atoms with E-state index in [9.17, 15) is 9.59 Å². The third kappa shape index (κ3) is 3.93. The van der Waals surface area contributed by atoms with Crippen LogP contribution in [-0.4, -0.2) is 37.7 Å². The number of fused-ring (bicyclic) bond motifs is 1. The quantitative estimate of drug-likeness (QED) is 0.449. The molecule has 3 aromatic heterocycles. The van der Waals surface area contributed by atoms with E-state index in [1.807, 2.05) is 18.4 Å². The fourth-order valence-corrected chi connectivity index (χ4v) is 3.46. The van der Waals surface area contributed by atoms with Crippen LogP contribution in [0.15, 0.2) is 45.8 Å². The molecule has 4 aromatic rings. The lowest BCUT2D eigenvalue weighted by molar-refractivity contribution is 0.102. The number of hydrogen-bond donors (Lipinski definition) is 2. The van der Waals surface area contributed by atoms with Crippen LogP contribution in [0, 0.1) is 6.92 Å². The summed E-state index contributed by atoms with van der Waals surface area (Å²) in [5, 5.41) is 9.87. The molecule has 0 atom stereocenters. The van der Waals surface area contributed by atoms with Crippen molar-refractivity contribution in [2.75, 3.05) is 12.4 Å². The van der Waals surface area contributed by atoms with Gasteiger partial charge in [0, 0.05) is 22.8 Å². The number of rotatable bonds is 5. The van der Waals surface area contributed by atoms with Crippen molar-refractivity contribution in [3.05, 3.63) is 62.5 Å². The molecule has 4 rings (SSSR count). The first-order chi connectivity index (χ1) is 14.9. The highest BCUT2D eigenvalue weighted by molar-refractivity contribution is 9.10. The Labute approximate surface area is 185 Å². The van der Waals surface area contributed by atoms with Crippen LogP contribution < -0.4 is 15.5 Å². The number of carbonyl (C=O) groups excluding carboxylic acids is 1. The molecule has 3 heterocycles. The monoisotopic (exact) mass is 482 g/mol. The van der Waals surface area contributed by atoms with E-state index in [1.54, 1.807) is 43.6 Å².